The average Bonchev–Trinajstić information content (AvgIpc) is 2.29. The van der Waals surface area contributed by atoms with Gasteiger partial charge in [0.25, 0.3) is 0 Å². The zero-order chi connectivity index (χ0) is 9.64. The molecule has 1 N–H and O–H groups in total. The van der Waals surface area contributed by atoms with Gasteiger partial charge in [0.2, 0.25) is 0 Å². The number of nitrogens with zero attached hydrogens (tertiary/aromatic N) is 2. The zero-order valence-corrected chi connectivity index (χ0v) is 8.15. The Morgan fingerprint density at radius 2 is 2.29 bits per heavy atom. The molecule has 0 saturated carbocycles. The first-order chi connectivity index (χ1) is 6.95. The first-order valence-corrected chi connectivity index (χ1v) is 5.03. The van der Waals surface area contributed by atoms with Crippen molar-refractivity contribution in [3.8, 4) is 0 Å². The standard InChI is InChI=1S/C10H15N3O/c1-4-11-8-13-10(1)12-7-9-2-5-14-6-3-9/h1,4,8-9H,2-3,5-7H2,(H,11,12,13). The molecule has 0 unspecified atom stereocenters. The van der Waals surface area contributed by atoms with Gasteiger partial charge in [0.1, 0.15) is 12.1 Å². The molecule has 0 aromatic carbocycles. The van der Waals surface area contributed by atoms with Gasteiger partial charge < -0.3 is 10.1 Å². The molecule has 0 spiro atoms. The van der Waals surface area contributed by atoms with Crippen molar-refractivity contribution < 1.29 is 4.74 Å². The monoisotopic (exact) mass is 193 g/mol. The number of nitrogens with one attached hydrogen (secondary N) is 1. The van der Waals surface area contributed by atoms with Gasteiger partial charge in [-0.3, -0.25) is 0 Å². The SMILES string of the molecule is c1cc(NCC2CCOCC2)ncn1. The number of aromatic nitrogens is 2. The molecule has 0 aliphatic carbocycles. The highest BCUT2D eigenvalue weighted by molar-refractivity contribution is 5.31. The smallest absolute Gasteiger partial charge is 0.129 e. The largest absolute Gasteiger partial charge is 0.381 e. The Labute approximate surface area is 83.7 Å². The molecule has 2 rings (SSSR count). The molecule has 14 heavy (non-hydrogen) atoms. The second-order valence-electron chi connectivity index (χ2n) is 3.53. The third-order valence-corrected chi connectivity index (χ3v) is 2.49. The van der Waals surface area contributed by atoms with Crippen LogP contribution in [0.15, 0.2) is 18.6 Å². The minimum atomic E-state index is 0.721. The molecule has 4 nitrogen and oxygen atoms in total. The first-order valence-electron chi connectivity index (χ1n) is 5.03. The third-order valence-electron chi connectivity index (χ3n) is 2.49. The van der Waals surface area contributed by atoms with E-state index in [1.165, 1.54) is 0 Å². The van der Waals surface area contributed by atoms with Gasteiger partial charge in [-0.05, 0) is 24.8 Å². The van der Waals surface area contributed by atoms with Gasteiger partial charge in [0, 0.05) is 26.0 Å². The van der Waals surface area contributed by atoms with E-state index in [1.54, 1.807) is 12.5 Å². The highest BCUT2D eigenvalue weighted by Gasteiger charge is 2.13. The summed E-state index contributed by atoms with van der Waals surface area (Å²) in [4.78, 5) is 7.98. The maximum absolute atomic E-state index is 5.30. The molecule has 1 fully saturated rings. The molecule has 4 heteroatoms. The van der Waals surface area contributed by atoms with Gasteiger partial charge in [-0.2, -0.15) is 0 Å². The fourth-order valence-electron chi connectivity index (χ4n) is 1.59. The molecule has 1 saturated heterocycles. The summed E-state index contributed by atoms with van der Waals surface area (Å²) in [5.41, 5.74) is 0. The zero-order valence-electron chi connectivity index (χ0n) is 8.15. The molecule has 0 atom stereocenters. The molecule has 1 aliphatic rings. The lowest BCUT2D eigenvalue weighted by Gasteiger charge is -2.22. The van der Waals surface area contributed by atoms with Gasteiger partial charge in [-0.25, -0.2) is 9.97 Å². The van der Waals surface area contributed by atoms with Crippen molar-refractivity contribution in [2.45, 2.75) is 12.8 Å². The predicted octanol–water partition coefficient (Wildman–Crippen LogP) is 1.32. The second kappa shape index (κ2) is 4.91. The van der Waals surface area contributed by atoms with Crippen LogP contribution in [-0.4, -0.2) is 29.7 Å². The second-order valence-corrected chi connectivity index (χ2v) is 3.53. The lowest BCUT2D eigenvalue weighted by atomic mass is 10.0. The maximum atomic E-state index is 5.30. The van der Waals surface area contributed by atoms with E-state index < -0.39 is 0 Å². The highest BCUT2D eigenvalue weighted by atomic mass is 16.5. The Morgan fingerprint density at radius 3 is 3.00 bits per heavy atom. The van der Waals surface area contributed by atoms with Gasteiger partial charge in [0.15, 0.2) is 0 Å². The van der Waals surface area contributed by atoms with Crippen LogP contribution in [-0.2, 0) is 4.74 Å². The fourth-order valence-corrected chi connectivity index (χ4v) is 1.59. The maximum Gasteiger partial charge on any atom is 0.129 e. The molecular weight excluding hydrogens is 178 g/mol. The minimum absolute atomic E-state index is 0.721. The summed E-state index contributed by atoms with van der Waals surface area (Å²) < 4.78 is 5.30. The van der Waals surface area contributed by atoms with Crippen molar-refractivity contribution in [1.29, 1.82) is 0 Å². The molecule has 0 radical (unpaired) electrons. The molecule has 0 amide bonds. The number of ether oxygens (including phenoxy) is 1. The van der Waals surface area contributed by atoms with Gasteiger partial charge in [0.05, 0.1) is 0 Å². The Kier molecular flexibility index (Phi) is 3.29. The van der Waals surface area contributed by atoms with E-state index in [0.717, 1.165) is 44.3 Å². The van der Waals surface area contributed by atoms with E-state index in [2.05, 4.69) is 15.3 Å². The van der Waals surface area contributed by atoms with Crippen molar-refractivity contribution in [1.82, 2.24) is 9.97 Å². The van der Waals surface area contributed by atoms with E-state index in [0.29, 0.717) is 0 Å². The Bertz CT molecular complexity index is 259. The van der Waals surface area contributed by atoms with E-state index >= 15 is 0 Å². The van der Waals surface area contributed by atoms with E-state index in [-0.39, 0.29) is 0 Å². The molecule has 76 valence electrons. The number of hydrogen-bond acceptors (Lipinski definition) is 4. The van der Waals surface area contributed by atoms with Crippen molar-refractivity contribution >= 4 is 5.82 Å². The Morgan fingerprint density at radius 1 is 1.43 bits per heavy atom. The van der Waals surface area contributed by atoms with Crippen LogP contribution in [0, 0.1) is 5.92 Å². The number of rotatable bonds is 3. The van der Waals surface area contributed by atoms with Crippen molar-refractivity contribution in [2.75, 3.05) is 25.1 Å². The van der Waals surface area contributed by atoms with Crippen LogP contribution in [0.25, 0.3) is 0 Å². The molecule has 1 aromatic heterocycles. The van der Waals surface area contributed by atoms with Crippen molar-refractivity contribution in [2.24, 2.45) is 5.92 Å². The van der Waals surface area contributed by atoms with E-state index in [4.69, 9.17) is 4.74 Å². The summed E-state index contributed by atoms with van der Waals surface area (Å²) in [5, 5.41) is 3.31. The Hall–Kier alpha value is -1.16. The van der Waals surface area contributed by atoms with Gasteiger partial charge in [-0.15, -0.1) is 0 Å². The van der Waals surface area contributed by atoms with Gasteiger partial charge >= 0.3 is 0 Å². The summed E-state index contributed by atoms with van der Waals surface area (Å²) in [6.45, 7) is 2.78. The van der Waals surface area contributed by atoms with Gasteiger partial charge in [-0.1, -0.05) is 0 Å². The van der Waals surface area contributed by atoms with Crippen LogP contribution in [0.2, 0.25) is 0 Å². The Balaban J connectivity index is 1.76. The summed E-state index contributed by atoms with van der Waals surface area (Å²) in [5.74, 6) is 1.63. The number of hydrogen-bond donors (Lipinski definition) is 1. The topological polar surface area (TPSA) is 47.0 Å². The van der Waals surface area contributed by atoms with E-state index in [1.807, 2.05) is 6.07 Å². The van der Waals surface area contributed by atoms with Crippen LogP contribution in [0.3, 0.4) is 0 Å². The quantitative estimate of drug-likeness (QED) is 0.786. The molecule has 0 bridgehead atoms. The van der Waals surface area contributed by atoms with Crippen LogP contribution in [0.4, 0.5) is 5.82 Å². The fraction of sp³-hybridized carbons (Fsp3) is 0.600. The van der Waals surface area contributed by atoms with Crippen LogP contribution >= 0.6 is 0 Å². The predicted molar refractivity (Wildman–Crippen MR) is 54.1 cm³/mol. The summed E-state index contributed by atoms with van der Waals surface area (Å²) in [6.07, 6.45) is 5.61. The molecule has 2 heterocycles. The van der Waals surface area contributed by atoms with Crippen molar-refractivity contribution in [3.05, 3.63) is 18.6 Å². The lowest BCUT2D eigenvalue weighted by Crippen LogP contribution is -2.22. The third kappa shape index (κ3) is 2.67. The average molecular weight is 193 g/mol. The summed E-state index contributed by atoms with van der Waals surface area (Å²) in [6, 6.07) is 1.89. The molecule has 1 aromatic rings. The summed E-state index contributed by atoms with van der Waals surface area (Å²) >= 11 is 0. The lowest BCUT2D eigenvalue weighted by molar-refractivity contribution is 0.0699. The van der Waals surface area contributed by atoms with Crippen LogP contribution in [0.1, 0.15) is 12.8 Å². The molecular formula is C10H15N3O. The highest BCUT2D eigenvalue weighted by Crippen LogP contribution is 2.14. The summed E-state index contributed by atoms with van der Waals surface area (Å²) in [7, 11) is 0. The minimum Gasteiger partial charge on any atom is -0.381 e. The normalized spacial score (nSPS) is 18.0. The van der Waals surface area contributed by atoms with Crippen LogP contribution < -0.4 is 5.32 Å². The first kappa shape index (κ1) is 9.40. The number of anilines is 1. The van der Waals surface area contributed by atoms with Crippen molar-refractivity contribution in [3.63, 3.8) is 0 Å². The molecule has 1 aliphatic heterocycles. The van der Waals surface area contributed by atoms with Crippen LogP contribution in [0.5, 0.6) is 0 Å². The van der Waals surface area contributed by atoms with E-state index in [9.17, 15) is 0 Å².